The van der Waals surface area contributed by atoms with Crippen LogP contribution in [0.3, 0.4) is 0 Å². The SMILES string of the molecule is CC(=O)O[C@@H]1CC[C@]2(C)OC(=O)CC[C@H]2OC1(C)C. The minimum atomic E-state index is -0.610. The van der Waals surface area contributed by atoms with Crippen molar-refractivity contribution in [3.63, 3.8) is 0 Å². The van der Waals surface area contributed by atoms with Crippen LogP contribution in [0.25, 0.3) is 0 Å². The molecule has 2 heterocycles. The molecular weight excluding hydrogens is 248 g/mol. The summed E-state index contributed by atoms with van der Waals surface area (Å²) in [5, 5.41) is 0. The van der Waals surface area contributed by atoms with E-state index in [1.54, 1.807) is 0 Å². The van der Waals surface area contributed by atoms with Gasteiger partial charge >= 0.3 is 11.9 Å². The van der Waals surface area contributed by atoms with Crippen molar-refractivity contribution < 1.29 is 23.8 Å². The van der Waals surface area contributed by atoms with Crippen molar-refractivity contribution >= 4 is 11.9 Å². The lowest BCUT2D eigenvalue weighted by Crippen LogP contribution is -2.50. The highest BCUT2D eigenvalue weighted by molar-refractivity contribution is 5.71. The lowest BCUT2D eigenvalue weighted by molar-refractivity contribution is -0.212. The Morgan fingerprint density at radius 3 is 2.63 bits per heavy atom. The quantitative estimate of drug-likeness (QED) is 0.682. The highest BCUT2D eigenvalue weighted by Gasteiger charge is 2.50. The first kappa shape index (κ1) is 14.3. The second kappa shape index (κ2) is 4.78. The van der Waals surface area contributed by atoms with Crippen LogP contribution in [0.2, 0.25) is 0 Å². The molecule has 0 amide bonds. The van der Waals surface area contributed by atoms with Crippen LogP contribution in [0.5, 0.6) is 0 Å². The summed E-state index contributed by atoms with van der Waals surface area (Å²) >= 11 is 0. The van der Waals surface area contributed by atoms with E-state index in [0.717, 1.165) is 0 Å². The van der Waals surface area contributed by atoms with E-state index in [4.69, 9.17) is 14.2 Å². The third kappa shape index (κ3) is 2.91. The molecule has 0 aromatic rings. The number of esters is 2. The zero-order valence-electron chi connectivity index (χ0n) is 12.0. The summed E-state index contributed by atoms with van der Waals surface area (Å²) in [5.41, 5.74) is -1.18. The van der Waals surface area contributed by atoms with Gasteiger partial charge < -0.3 is 14.2 Å². The summed E-state index contributed by atoms with van der Waals surface area (Å²) in [6.45, 7) is 7.14. The van der Waals surface area contributed by atoms with E-state index in [1.165, 1.54) is 6.92 Å². The molecule has 5 heteroatoms. The van der Waals surface area contributed by atoms with Gasteiger partial charge in [-0.1, -0.05) is 0 Å². The van der Waals surface area contributed by atoms with Crippen LogP contribution in [0, 0.1) is 0 Å². The molecule has 19 heavy (non-hydrogen) atoms. The summed E-state index contributed by atoms with van der Waals surface area (Å²) in [4.78, 5) is 22.7. The van der Waals surface area contributed by atoms with Gasteiger partial charge in [0.1, 0.15) is 11.7 Å². The molecule has 0 N–H and O–H groups in total. The van der Waals surface area contributed by atoms with Gasteiger partial charge in [0, 0.05) is 13.3 Å². The van der Waals surface area contributed by atoms with Gasteiger partial charge in [-0.05, 0) is 40.0 Å². The maximum Gasteiger partial charge on any atom is 0.306 e. The zero-order valence-corrected chi connectivity index (χ0v) is 12.0. The average molecular weight is 270 g/mol. The van der Waals surface area contributed by atoms with Crippen molar-refractivity contribution in [3.05, 3.63) is 0 Å². The first-order valence-electron chi connectivity index (χ1n) is 6.80. The number of rotatable bonds is 1. The fraction of sp³-hybridized carbons (Fsp3) is 0.857. The lowest BCUT2D eigenvalue weighted by atomic mass is 9.87. The number of hydrogen-bond donors (Lipinski definition) is 0. The van der Waals surface area contributed by atoms with Crippen molar-refractivity contribution in [2.24, 2.45) is 0 Å². The molecule has 2 rings (SSSR count). The molecule has 5 nitrogen and oxygen atoms in total. The molecule has 108 valence electrons. The van der Waals surface area contributed by atoms with E-state index < -0.39 is 11.2 Å². The summed E-state index contributed by atoms with van der Waals surface area (Å²) in [6, 6.07) is 0. The number of hydrogen-bond acceptors (Lipinski definition) is 5. The van der Waals surface area contributed by atoms with E-state index in [-0.39, 0.29) is 24.1 Å². The van der Waals surface area contributed by atoms with E-state index in [1.807, 2.05) is 20.8 Å². The largest absolute Gasteiger partial charge is 0.460 e. The Bertz CT molecular complexity index is 389. The normalized spacial score (nSPS) is 37.8. The Kier molecular flexibility index (Phi) is 3.60. The molecule has 2 aliphatic heterocycles. The third-order valence-electron chi connectivity index (χ3n) is 4.07. The molecule has 0 aliphatic carbocycles. The summed E-state index contributed by atoms with van der Waals surface area (Å²) in [7, 11) is 0. The Hall–Kier alpha value is -1.10. The van der Waals surface area contributed by atoms with Gasteiger partial charge in [0.2, 0.25) is 0 Å². The molecule has 0 unspecified atom stereocenters. The van der Waals surface area contributed by atoms with Crippen molar-refractivity contribution in [1.82, 2.24) is 0 Å². The monoisotopic (exact) mass is 270 g/mol. The fourth-order valence-corrected chi connectivity index (χ4v) is 2.94. The van der Waals surface area contributed by atoms with Gasteiger partial charge in [-0.2, -0.15) is 0 Å². The Morgan fingerprint density at radius 1 is 1.32 bits per heavy atom. The molecular formula is C14H22O5. The van der Waals surface area contributed by atoms with Crippen molar-refractivity contribution in [1.29, 1.82) is 0 Å². The van der Waals surface area contributed by atoms with Crippen molar-refractivity contribution in [2.45, 2.75) is 76.8 Å². The maximum atomic E-state index is 11.5. The second-order valence-corrected chi connectivity index (χ2v) is 6.17. The van der Waals surface area contributed by atoms with Crippen LogP contribution in [-0.4, -0.2) is 35.3 Å². The topological polar surface area (TPSA) is 61.8 Å². The van der Waals surface area contributed by atoms with E-state index in [2.05, 4.69) is 0 Å². The van der Waals surface area contributed by atoms with Crippen LogP contribution >= 0.6 is 0 Å². The van der Waals surface area contributed by atoms with Crippen LogP contribution in [0.1, 0.15) is 53.4 Å². The molecule has 0 radical (unpaired) electrons. The molecule has 0 spiro atoms. The Morgan fingerprint density at radius 2 is 2.00 bits per heavy atom. The number of carbonyl (C=O) groups excluding carboxylic acids is 2. The van der Waals surface area contributed by atoms with E-state index >= 15 is 0 Å². The van der Waals surface area contributed by atoms with Crippen LogP contribution in [0.4, 0.5) is 0 Å². The van der Waals surface area contributed by atoms with Gasteiger partial charge in [0.15, 0.2) is 0 Å². The number of carbonyl (C=O) groups is 2. The first-order valence-corrected chi connectivity index (χ1v) is 6.80. The molecule has 0 aromatic heterocycles. The third-order valence-corrected chi connectivity index (χ3v) is 4.07. The molecule has 3 atom stereocenters. The number of ether oxygens (including phenoxy) is 3. The lowest BCUT2D eigenvalue weighted by Gasteiger charge is -2.41. The van der Waals surface area contributed by atoms with Gasteiger partial charge in [-0.25, -0.2) is 0 Å². The second-order valence-electron chi connectivity index (χ2n) is 6.17. The minimum Gasteiger partial charge on any atom is -0.460 e. The van der Waals surface area contributed by atoms with Crippen molar-refractivity contribution in [3.8, 4) is 0 Å². The maximum absolute atomic E-state index is 11.5. The minimum absolute atomic E-state index is 0.138. The van der Waals surface area contributed by atoms with Gasteiger partial charge in [0.05, 0.1) is 11.7 Å². The predicted molar refractivity (Wildman–Crippen MR) is 67.5 cm³/mol. The zero-order chi connectivity index (χ0) is 14.3. The first-order chi connectivity index (χ1) is 8.73. The molecule has 0 saturated carbocycles. The molecule has 0 aromatic carbocycles. The highest BCUT2D eigenvalue weighted by Crippen LogP contribution is 2.41. The Balaban J connectivity index is 2.20. The average Bonchev–Trinajstić information content (AvgIpc) is 2.35. The van der Waals surface area contributed by atoms with E-state index in [9.17, 15) is 9.59 Å². The van der Waals surface area contributed by atoms with E-state index in [0.29, 0.717) is 25.7 Å². The highest BCUT2D eigenvalue weighted by atomic mass is 16.6. The standard InChI is InChI=1S/C14H22O5/c1-9(15)17-10-7-8-14(4)11(18-13(10,2)3)5-6-12(16)19-14/h10-11H,5-8H2,1-4H3/t10-,11-,14+/m1/s1. The predicted octanol–water partition coefficient (Wildman–Crippen LogP) is 1.97. The van der Waals surface area contributed by atoms with Crippen LogP contribution in [0.15, 0.2) is 0 Å². The summed E-state index contributed by atoms with van der Waals surface area (Å²) in [5.74, 6) is -0.486. The number of fused-ring (bicyclic) bond motifs is 1. The molecule has 2 saturated heterocycles. The Labute approximate surface area is 113 Å². The van der Waals surface area contributed by atoms with Crippen LogP contribution in [-0.2, 0) is 23.8 Å². The molecule has 0 bridgehead atoms. The summed E-state index contributed by atoms with van der Waals surface area (Å²) in [6.07, 6.45) is 1.87. The molecule has 2 fully saturated rings. The van der Waals surface area contributed by atoms with Crippen LogP contribution < -0.4 is 0 Å². The fourth-order valence-electron chi connectivity index (χ4n) is 2.94. The van der Waals surface area contributed by atoms with Gasteiger partial charge in [-0.3, -0.25) is 9.59 Å². The van der Waals surface area contributed by atoms with Gasteiger partial charge in [0.25, 0.3) is 0 Å². The molecule has 2 aliphatic rings. The van der Waals surface area contributed by atoms with Crippen molar-refractivity contribution in [2.75, 3.05) is 0 Å². The smallest absolute Gasteiger partial charge is 0.306 e. The summed E-state index contributed by atoms with van der Waals surface area (Å²) < 4.78 is 17.0. The van der Waals surface area contributed by atoms with Gasteiger partial charge in [-0.15, -0.1) is 0 Å².